The SMILES string of the molecule is CC.CC.CC.COCCCn1nnc2ccccc21.O=S(=O)(O)CCn1nnc2ccccc21.OCCN(CCO)Cn1nnc2ccccc21.OCCN(CCO)Cn1nnc2ccccc21. The highest BCUT2D eigenvalue weighted by atomic mass is 32.2. The topological polar surface area (TPSA) is 274 Å². The van der Waals surface area contributed by atoms with Gasteiger partial charge in [-0.25, -0.2) is 18.7 Å². The Bertz CT molecular complexity index is 2560. The molecule has 8 aromatic rings. The third-order valence-corrected chi connectivity index (χ3v) is 9.99. The van der Waals surface area contributed by atoms with E-state index in [0.29, 0.717) is 45.0 Å². The van der Waals surface area contributed by atoms with E-state index >= 15 is 0 Å². The smallest absolute Gasteiger partial charge is 0.266 e. The van der Waals surface area contributed by atoms with Crippen molar-refractivity contribution in [2.45, 2.75) is 74.4 Å². The maximum Gasteiger partial charge on any atom is 0.266 e. The third-order valence-electron chi connectivity index (χ3n) is 9.29. The van der Waals surface area contributed by atoms with E-state index in [4.69, 9.17) is 29.7 Å². The van der Waals surface area contributed by atoms with Gasteiger partial charge in [-0.3, -0.25) is 14.4 Å². The maximum atomic E-state index is 10.6. The second kappa shape index (κ2) is 34.4. The molecule has 4 heterocycles. The van der Waals surface area contributed by atoms with Crippen LogP contribution in [0.4, 0.5) is 0 Å². The number of hydrogen-bond donors (Lipinski definition) is 5. The van der Waals surface area contributed by atoms with E-state index in [-0.39, 0.29) is 38.7 Å². The Labute approximate surface area is 404 Å². The van der Waals surface area contributed by atoms with E-state index in [1.807, 2.05) is 141 Å². The number of benzene rings is 4. The van der Waals surface area contributed by atoms with Gasteiger partial charge in [0.05, 0.1) is 74.1 Å². The second-order valence-corrected chi connectivity index (χ2v) is 15.4. The molecule has 0 saturated heterocycles. The van der Waals surface area contributed by atoms with Crippen molar-refractivity contribution in [2.75, 3.05) is 72.1 Å². The van der Waals surface area contributed by atoms with Gasteiger partial charge in [0.1, 0.15) is 22.1 Å². The predicted octanol–water partition coefficient (Wildman–Crippen LogP) is 4.22. The van der Waals surface area contributed by atoms with Crippen molar-refractivity contribution < 1.29 is 38.1 Å². The van der Waals surface area contributed by atoms with Crippen molar-refractivity contribution >= 4 is 54.3 Å². The van der Waals surface area contributed by atoms with Crippen LogP contribution >= 0.6 is 0 Å². The van der Waals surface area contributed by atoms with Crippen LogP contribution in [0.3, 0.4) is 0 Å². The first kappa shape index (κ1) is 59.2. The van der Waals surface area contributed by atoms with Gasteiger partial charge in [-0.05, 0) is 55.0 Å². The van der Waals surface area contributed by atoms with Crippen molar-refractivity contribution in [3.8, 4) is 0 Å². The number of methoxy groups -OCH3 is 1. The predicted molar refractivity (Wildman–Crippen MR) is 269 cm³/mol. The van der Waals surface area contributed by atoms with Gasteiger partial charge in [0.2, 0.25) is 0 Å². The Morgan fingerprint density at radius 3 is 1.07 bits per heavy atom. The van der Waals surface area contributed by atoms with Gasteiger partial charge >= 0.3 is 0 Å². The molecule has 380 valence electrons. The summed E-state index contributed by atoms with van der Waals surface area (Å²) in [6.45, 7) is 17.0. The molecule has 0 unspecified atom stereocenters. The van der Waals surface area contributed by atoms with E-state index in [1.54, 1.807) is 28.6 Å². The molecule has 22 nitrogen and oxygen atoms in total. The number of rotatable bonds is 19. The molecule has 0 aliphatic heterocycles. The molecule has 69 heavy (non-hydrogen) atoms. The van der Waals surface area contributed by atoms with Crippen LogP contribution in [0.1, 0.15) is 48.0 Å². The number of aliphatic hydroxyl groups excluding tert-OH is 4. The Balaban J connectivity index is 0.000000305. The van der Waals surface area contributed by atoms with Gasteiger partial charge < -0.3 is 25.2 Å². The van der Waals surface area contributed by atoms with Gasteiger partial charge in [0.15, 0.2) is 0 Å². The zero-order valence-corrected chi connectivity index (χ0v) is 41.8. The lowest BCUT2D eigenvalue weighted by atomic mass is 10.3. The highest BCUT2D eigenvalue weighted by molar-refractivity contribution is 7.85. The molecule has 0 bridgehead atoms. The summed E-state index contributed by atoms with van der Waals surface area (Å²) in [6, 6.07) is 30.6. The third kappa shape index (κ3) is 20.3. The fourth-order valence-corrected chi connectivity index (χ4v) is 6.62. The summed E-state index contributed by atoms with van der Waals surface area (Å²) in [6.07, 6.45) is 0.962. The van der Waals surface area contributed by atoms with Gasteiger partial charge in [-0.2, -0.15) is 8.42 Å². The van der Waals surface area contributed by atoms with E-state index in [0.717, 1.165) is 58.2 Å². The normalized spacial score (nSPS) is 10.8. The molecule has 8 rings (SSSR count). The lowest BCUT2D eigenvalue weighted by Crippen LogP contribution is -2.32. The zero-order valence-electron chi connectivity index (χ0n) is 41.0. The van der Waals surface area contributed by atoms with Crippen LogP contribution in [-0.2, 0) is 41.3 Å². The van der Waals surface area contributed by atoms with Crippen molar-refractivity contribution in [3.05, 3.63) is 97.1 Å². The van der Waals surface area contributed by atoms with Gasteiger partial charge in [-0.15, -0.1) is 20.4 Å². The average molecular weight is 981 g/mol. The number of aryl methyl sites for hydroxylation is 2. The minimum absolute atomic E-state index is 0.0621. The molecule has 0 amide bonds. The quantitative estimate of drug-likeness (QED) is 0.0561. The first-order valence-electron chi connectivity index (χ1n) is 23.1. The standard InChI is InChI=1S/2C11H16N4O2.C10H13N3O.C8H9N3O3S.3C2H6/c2*16-7-5-14(6-8-17)9-15-11-4-2-1-3-10(11)12-13-15;1-14-8-4-7-13-10-6-3-2-5-9(10)11-12-13;12-15(13,14)6-5-11-8-4-2-1-3-7(8)9-10-11;3*1-2/h2*1-4,16-17H,5-9H2;2-3,5-6H,4,7-8H2,1H3;1-4H,5-6H2,(H,12,13,14);3*1-2H3. The van der Waals surface area contributed by atoms with Crippen LogP contribution in [0, 0.1) is 0 Å². The van der Waals surface area contributed by atoms with Crippen molar-refractivity contribution in [2.24, 2.45) is 0 Å². The Morgan fingerprint density at radius 2 is 0.768 bits per heavy atom. The van der Waals surface area contributed by atoms with Crippen LogP contribution < -0.4 is 0 Å². The summed E-state index contributed by atoms with van der Waals surface area (Å²) in [5.41, 5.74) is 7.09. The van der Waals surface area contributed by atoms with Crippen LogP contribution in [0.25, 0.3) is 44.1 Å². The molecule has 4 aromatic carbocycles. The number of para-hydroxylation sites is 4. The lowest BCUT2D eigenvalue weighted by Gasteiger charge is -2.19. The van der Waals surface area contributed by atoms with Gasteiger partial charge in [-0.1, -0.05) is 111 Å². The first-order chi connectivity index (χ1) is 33.7. The molecule has 0 fully saturated rings. The summed E-state index contributed by atoms with van der Waals surface area (Å²) in [5, 5.41) is 67.8. The summed E-state index contributed by atoms with van der Waals surface area (Å²) in [4.78, 5) is 3.84. The average Bonchev–Trinajstić information content (AvgIpc) is 4.20. The zero-order chi connectivity index (χ0) is 50.9. The van der Waals surface area contributed by atoms with Crippen LogP contribution in [0.2, 0.25) is 0 Å². The lowest BCUT2D eigenvalue weighted by molar-refractivity contribution is 0.130. The van der Waals surface area contributed by atoms with E-state index < -0.39 is 10.1 Å². The summed E-state index contributed by atoms with van der Waals surface area (Å²) < 4.78 is 41.6. The van der Waals surface area contributed by atoms with E-state index in [2.05, 4.69) is 41.2 Å². The molecule has 0 saturated carbocycles. The molecule has 0 aliphatic rings. The van der Waals surface area contributed by atoms with Crippen LogP contribution in [0.15, 0.2) is 97.1 Å². The number of hydrogen-bond acceptors (Lipinski definition) is 17. The van der Waals surface area contributed by atoms with E-state index in [9.17, 15) is 8.42 Å². The summed E-state index contributed by atoms with van der Waals surface area (Å²) in [7, 11) is -2.25. The number of aromatic nitrogens is 12. The molecule has 0 spiro atoms. The van der Waals surface area contributed by atoms with Gasteiger partial charge in [0, 0.05) is 46.4 Å². The number of nitrogens with zero attached hydrogens (tertiary/aromatic N) is 14. The van der Waals surface area contributed by atoms with E-state index in [1.165, 1.54) is 4.68 Å². The van der Waals surface area contributed by atoms with Crippen molar-refractivity contribution in [3.63, 3.8) is 0 Å². The van der Waals surface area contributed by atoms with Crippen LogP contribution in [-0.4, -0.2) is 175 Å². The minimum atomic E-state index is -3.96. The van der Waals surface area contributed by atoms with Crippen molar-refractivity contribution in [1.29, 1.82) is 0 Å². The number of ether oxygens (including phenoxy) is 1. The molecular formula is C46H72N14O8S. The maximum absolute atomic E-state index is 10.6. The Morgan fingerprint density at radius 1 is 0.478 bits per heavy atom. The molecule has 0 radical (unpaired) electrons. The Hall–Kier alpha value is -5.89. The molecule has 0 aliphatic carbocycles. The summed E-state index contributed by atoms with van der Waals surface area (Å²) >= 11 is 0. The molecule has 5 N–H and O–H groups in total. The first-order valence-corrected chi connectivity index (χ1v) is 24.7. The van der Waals surface area contributed by atoms with Gasteiger partial charge in [0.25, 0.3) is 10.1 Å². The minimum Gasteiger partial charge on any atom is -0.395 e. The molecule has 0 atom stereocenters. The van der Waals surface area contributed by atoms with Crippen LogP contribution in [0.5, 0.6) is 0 Å². The molecule has 4 aromatic heterocycles. The second-order valence-electron chi connectivity index (χ2n) is 13.8. The fourth-order valence-electron chi connectivity index (χ4n) is 6.22. The number of fused-ring (bicyclic) bond motifs is 4. The van der Waals surface area contributed by atoms with Crippen molar-refractivity contribution in [1.82, 2.24) is 69.8 Å². The largest absolute Gasteiger partial charge is 0.395 e. The molecular weight excluding hydrogens is 909 g/mol. The highest BCUT2D eigenvalue weighted by Gasteiger charge is 2.11. The Kier molecular flexibility index (Phi) is 29.5. The number of aliphatic hydroxyl groups is 4. The monoisotopic (exact) mass is 981 g/mol. The highest BCUT2D eigenvalue weighted by Crippen LogP contribution is 2.13. The fraction of sp³-hybridized carbons (Fsp3) is 0.478. The summed E-state index contributed by atoms with van der Waals surface area (Å²) in [5.74, 6) is -0.361. The molecule has 23 heteroatoms.